The maximum Gasteiger partial charge on any atom is 0.323 e. The molecule has 0 spiro atoms. The van der Waals surface area contributed by atoms with E-state index in [4.69, 9.17) is 11.6 Å². The van der Waals surface area contributed by atoms with Crippen LogP contribution in [0.25, 0.3) is 0 Å². The molecule has 29 nitrogen and oxygen atoms in total. The number of anilines is 20. The van der Waals surface area contributed by atoms with Crippen LogP contribution in [0.1, 0.15) is 225 Å². The molecule has 31 heteroatoms. The lowest BCUT2D eigenvalue weighted by atomic mass is 9.87. The van der Waals surface area contributed by atoms with Crippen molar-refractivity contribution in [3.8, 4) is 0 Å². The number of carbonyl (C=O) groups is 1. The van der Waals surface area contributed by atoms with E-state index in [1.807, 2.05) is 174 Å². The largest absolute Gasteiger partial charge is 0.350 e. The smallest absolute Gasteiger partial charge is 0.323 e. The molecule has 0 bridgehead atoms. The number of amides is 2. The number of nitrogens with one attached hydrogen (secondary N) is 14. The summed E-state index contributed by atoms with van der Waals surface area (Å²) in [6, 6.07) is 48.4. The van der Waals surface area contributed by atoms with Crippen LogP contribution in [-0.2, 0) is 15.3 Å². The second-order valence-electron chi connectivity index (χ2n) is 42.2. The van der Waals surface area contributed by atoms with Gasteiger partial charge in [0, 0.05) is 154 Å². The van der Waals surface area contributed by atoms with Gasteiger partial charge in [-0.2, -0.15) is 29.9 Å². The number of urea groups is 1. The summed E-state index contributed by atoms with van der Waals surface area (Å²) in [5.41, 5.74) is 20.8. The molecule has 13 aromatic rings. The zero-order valence-electron chi connectivity index (χ0n) is 88.5. The molecular formula is C109H149ClN26O3S. The Balaban J connectivity index is 0.000000207. The molecule has 140 heavy (non-hydrogen) atoms. The predicted molar refractivity (Wildman–Crippen MR) is 588 cm³/mol. The fourth-order valence-corrected chi connectivity index (χ4v) is 14.1. The lowest BCUT2D eigenvalue weighted by molar-refractivity contribution is 0.262. The van der Waals surface area contributed by atoms with E-state index in [9.17, 15) is 13.2 Å². The van der Waals surface area contributed by atoms with E-state index in [1.54, 1.807) is 37.5 Å². The highest BCUT2D eigenvalue weighted by Crippen LogP contribution is 2.34. The molecule has 6 heterocycles. The SMILES string of the molecule is CCS(=O)(=O)c1cccc(Nc2nc(NC(C)(C)C)ncc2C)c1.Cc1cc(C)cc(Nc2nc(NC(C)(C)C)ncc2C)c1.Cc1cnc(NC(C)(C)C)nc1Nc1cc(C)c(Cl)c(C)c1.Cc1cnc(NC(C)(C)C)nc1Nc1cccc(C(C)(C)C)c1.Cc1cnc(NC(C)(C)C)nc1Nc1cccc(C)c1C.Cc1cnc(NC(C)(C)C)nc1Nc1cccc(NC(=O)Nc2ccccc2)c1. The lowest BCUT2D eigenvalue weighted by Gasteiger charge is -2.22. The van der Waals surface area contributed by atoms with Gasteiger partial charge in [0.1, 0.15) is 34.9 Å². The summed E-state index contributed by atoms with van der Waals surface area (Å²) in [7, 11) is -3.24. The monoisotopic (exact) mass is 1940 g/mol. The number of para-hydroxylation sites is 1. The van der Waals surface area contributed by atoms with Crippen molar-refractivity contribution in [3.63, 3.8) is 0 Å². The van der Waals surface area contributed by atoms with Crippen LogP contribution in [0.4, 0.5) is 121 Å². The summed E-state index contributed by atoms with van der Waals surface area (Å²) in [6.45, 7) is 69.9. The molecule has 0 radical (unpaired) electrons. The van der Waals surface area contributed by atoms with Crippen LogP contribution in [0.15, 0.2) is 194 Å². The number of hydrogen-bond donors (Lipinski definition) is 14. The minimum absolute atomic E-state index is 0.0630. The normalized spacial score (nSPS) is 11.5. The van der Waals surface area contributed by atoms with E-state index in [1.165, 1.54) is 27.8 Å². The van der Waals surface area contributed by atoms with Crippen LogP contribution in [0.5, 0.6) is 0 Å². The molecule has 6 aromatic heterocycles. The van der Waals surface area contributed by atoms with Crippen molar-refractivity contribution in [1.82, 2.24) is 59.8 Å². The Hall–Kier alpha value is -13.9. The summed E-state index contributed by atoms with van der Waals surface area (Å²) < 4.78 is 24.0. The molecular weight excluding hydrogens is 1790 g/mol. The first kappa shape index (κ1) is 111. The zero-order chi connectivity index (χ0) is 104. The zero-order valence-corrected chi connectivity index (χ0v) is 90.1. The van der Waals surface area contributed by atoms with E-state index in [0.717, 1.165) is 107 Å². The molecule has 0 saturated carbocycles. The van der Waals surface area contributed by atoms with Crippen LogP contribution in [-0.4, -0.2) is 113 Å². The van der Waals surface area contributed by atoms with Crippen LogP contribution in [0.3, 0.4) is 0 Å². The number of aryl methyl sites for hydroxylation is 11. The molecule has 7 aromatic carbocycles. The first-order chi connectivity index (χ1) is 65.1. The standard InChI is InChI=1S/C22H26N6O.C19H28N4.C17H23ClN4.C17H24N4O2S.2C17H24N4/c1-15-14-23-20(28-22(2,3)4)27-19(15)24-17-11-8-12-18(13-17)26-21(29)25-16-9-6-5-7-10-16;1-13-12-20-17(23-19(5,6)7)22-16(13)21-15-10-8-9-14(11-15)18(2,3)4;1-10-7-13(8-11(2)14(10)18)20-15-12(3)9-19-16(21-15)22-17(4,5)6;1-6-24(22,23)14-9-7-8-13(10-14)19-15-12(2)11-18-16(20-15)21-17(3,4)5;1-11-7-12(2)9-14(8-11)19-15-13(3)10-18-16(20-15)21-17(4,5)6;1-11-8-7-9-14(13(11)3)19-15-12(2)10-18-16(20-15)21-17(4,5)6/h5-14H,1-4H3,(H2,25,26,29)(H2,23,24,27,28);8-12H,1-7H3,(H2,20,21,22,23);7-9H,1-6H3,(H2,19,20,21,22);7-11H,6H2,1-5H3,(H2,18,19,20,21);2*7-10H,1-6H3,(H2,18,19,20,21). The number of aromatic nitrogens is 12. The molecule has 0 aliphatic rings. The molecule has 0 aliphatic heterocycles. The fourth-order valence-electron chi connectivity index (χ4n) is 13.0. The molecule has 0 aliphatic carbocycles. The van der Waals surface area contributed by atoms with Crippen molar-refractivity contribution in [2.75, 3.05) is 80.2 Å². The van der Waals surface area contributed by atoms with Gasteiger partial charge in [-0.05, 0) is 343 Å². The average Bonchev–Trinajstić information content (AvgIpc) is 0.837. The Labute approximate surface area is 836 Å². The predicted octanol–water partition coefficient (Wildman–Crippen LogP) is 27.7. The van der Waals surface area contributed by atoms with Crippen LogP contribution in [0, 0.1) is 83.1 Å². The van der Waals surface area contributed by atoms with Gasteiger partial charge in [-0.3, -0.25) is 0 Å². The molecule has 0 unspecified atom stereocenters. The summed E-state index contributed by atoms with van der Waals surface area (Å²) in [5, 5.41) is 46.2. The number of halogens is 1. The summed E-state index contributed by atoms with van der Waals surface area (Å²) in [6.07, 6.45) is 10.9. The molecule has 746 valence electrons. The lowest BCUT2D eigenvalue weighted by Crippen LogP contribution is -2.27. The summed E-state index contributed by atoms with van der Waals surface area (Å²) in [4.78, 5) is 65.9. The number of hydrogen-bond acceptors (Lipinski definition) is 27. The third kappa shape index (κ3) is 38.5. The van der Waals surface area contributed by atoms with Crippen molar-refractivity contribution < 1.29 is 13.2 Å². The highest BCUT2D eigenvalue weighted by atomic mass is 35.5. The van der Waals surface area contributed by atoms with Gasteiger partial charge in [0.15, 0.2) is 9.84 Å². The van der Waals surface area contributed by atoms with Crippen molar-refractivity contribution >= 4 is 144 Å². The summed E-state index contributed by atoms with van der Waals surface area (Å²) >= 11 is 6.22. The number of rotatable bonds is 22. The third-order valence-corrected chi connectivity index (χ3v) is 22.4. The second-order valence-corrected chi connectivity index (χ2v) is 44.8. The van der Waals surface area contributed by atoms with Crippen LogP contribution in [0.2, 0.25) is 5.02 Å². The fraction of sp³-hybridized carbons (Fsp3) is 0.385. The van der Waals surface area contributed by atoms with Gasteiger partial charge in [0.05, 0.1) is 10.6 Å². The van der Waals surface area contributed by atoms with E-state index < -0.39 is 9.84 Å². The first-order valence-corrected chi connectivity index (χ1v) is 49.0. The molecule has 0 saturated heterocycles. The van der Waals surface area contributed by atoms with Gasteiger partial charge in [-0.15, -0.1) is 0 Å². The molecule has 13 rings (SSSR count). The molecule has 0 fully saturated rings. The minimum Gasteiger partial charge on any atom is -0.350 e. The minimum atomic E-state index is -3.24. The van der Waals surface area contributed by atoms with Gasteiger partial charge in [-0.1, -0.05) is 100.0 Å². The van der Waals surface area contributed by atoms with E-state index in [0.29, 0.717) is 63.6 Å². The van der Waals surface area contributed by atoms with Gasteiger partial charge in [-0.25, -0.2) is 43.1 Å². The van der Waals surface area contributed by atoms with E-state index >= 15 is 0 Å². The van der Waals surface area contributed by atoms with Gasteiger partial charge >= 0.3 is 6.03 Å². The van der Waals surface area contributed by atoms with Crippen molar-refractivity contribution in [2.45, 2.75) is 279 Å². The summed E-state index contributed by atoms with van der Waals surface area (Å²) in [5.74, 6) is 8.33. The second kappa shape index (κ2) is 48.1. The van der Waals surface area contributed by atoms with Crippen molar-refractivity contribution in [3.05, 3.63) is 266 Å². The maximum atomic E-state index is 12.2. The Morgan fingerprint density at radius 2 is 0.586 bits per heavy atom. The number of benzene rings is 7. The van der Waals surface area contributed by atoms with Gasteiger partial charge < -0.3 is 74.4 Å². The molecule has 0 atom stereocenters. The molecule has 2 amide bonds. The van der Waals surface area contributed by atoms with Gasteiger partial charge in [0.25, 0.3) is 0 Å². The topological polar surface area (TPSA) is 374 Å². The maximum absolute atomic E-state index is 12.2. The first-order valence-electron chi connectivity index (χ1n) is 47.0. The van der Waals surface area contributed by atoms with Gasteiger partial charge in [0.2, 0.25) is 35.7 Å². The van der Waals surface area contributed by atoms with Crippen LogP contribution >= 0.6 is 11.6 Å². The average molecular weight is 1940 g/mol. The Kier molecular flexibility index (Phi) is 38.3. The Morgan fingerprint density at radius 3 is 0.936 bits per heavy atom. The third-order valence-electron chi connectivity index (χ3n) is 20.0. The van der Waals surface area contributed by atoms with Crippen LogP contribution < -0.4 is 74.4 Å². The van der Waals surface area contributed by atoms with Crippen molar-refractivity contribution in [1.29, 1.82) is 0 Å². The quantitative estimate of drug-likeness (QED) is 0.0300. The van der Waals surface area contributed by atoms with Crippen molar-refractivity contribution in [2.24, 2.45) is 0 Å². The van der Waals surface area contributed by atoms with E-state index in [2.05, 4.69) is 347 Å². The molecule has 14 N–H and O–H groups in total. The number of nitrogens with zero attached hydrogens (tertiary/aromatic N) is 12. The highest BCUT2D eigenvalue weighted by molar-refractivity contribution is 7.91. The Bertz CT molecular complexity index is 6420. The number of sulfone groups is 1. The number of carbonyl (C=O) groups excluding carboxylic acids is 1. The van der Waals surface area contributed by atoms with E-state index in [-0.39, 0.29) is 50.4 Å². The highest BCUT2D eigenvalue weighted by Gasteiger charge is 2.23. The Morgan fingerprint density at radius 1 is 0.293 bits per heavy atom.